The average Bonchev–Trinajstić information content (AvgIpc) is 1.89. The molecule has 0 radical (unpaired) electrons. The number of carboxylic acids is 1. The Hall–Kier alpha value is -0.610. The lowest BCUT2D eigenvalue weighted by Gasteiger charge is -1.90. The molecule has 10 heavy (non-hydrogen) atoms. The first-order chi connectivity index (χ1) is 4.56. The molecule has 0 aliphatic heterocycles. The average molecular weight is 149 g/mol. The van der Waals surface area contributed by atoms with Crippen LogP contribution in [0.5, 0.6) is 0 Å². The molecule has 1 unspecified atom stereocenters. The molecule has 0 aliphatic carbocycles. The summed E-state index contributed by atoms with van der Waals surface area (Å²) in [6.07, 6.45) is 0.875. The summed E-state index contributed by atoms with van der Waals surface area (Å²) in [5.41, 5.74) is 4.84. The summed E-state index contributed by atoms with van der Waals surface area (Å²) in [4.78, 5) is 9.57. The molecule has 0 spiro atoms. The van der Waals surface area contributed by atoms with Crippen molar-refractivity contribution in [2.24, 2.45) is 5.73 Å². The highest BCUT2D eigenvalue weighted by atomic mass is 16.4. The Morgan fingerprint density at radius 3 is 1.90 bits per heavy atom. The van der Waals surface area contributed by atoms with Gasteiger partial charge in [0.25, 0.3) is 0 Å². The van der Waals surface area contributed by atoms with Crippen molar-refractivity contribution in [2.45, 2.75) is 26.3 Å². The third kappa shape index (κ3) is 15.7. The largest absolute Gasteiger partial charge is 0.480 e. The van der Waals surface area contributed by atoms with Gasteiger partial charge in [-0.25, -0.2) is 0 Å². The number of hydrogen-bond donors (Lipinski definition) is 3. The number of carbonyl (C=O) groups is 1. The van der Waals surface area contributed by atoms with Gasteiger partial charge in [-0.15, -0.1) is 0 Å². The SMILES string of the molecule is CC(N)C(=O)O.CCCO. The third-order valence-corrected chi connectivity index (χ3v) is 0.613. The fourth-order valence-electron chi connectivity index (χ4n) is 0. The minimum Gasteiger partial charge on any atom is -0.480 e. The maximum atomic E-state index is 9.57. The molecule has 0 saturated carbocycles. The van der Waals surface area contributed by atoms with Crippen LogP contribution < -0.4 is 5.73 Å². The first-order valence-electron chi connectivity index (χ1n) is 3.15. The predicted octanol–water partition coefficient (Wildman–Crippen LogP) is -0.193. The van der Waals surface area contributed by atoms with Gasteiger partial charge in [0.05, 0.1) is 0 Å². The number of hydrogen-bond acceptors (Lipinski definition) is 3. The second kappa shape index (κ2) is 8.39. The summed E-state index contributed by atoms with van der Waals surface area (Å²) >= 11 is 0. The zero-order valence-electron chi connectivity index (χ0n) is 6.37. The molecule has 4 heteroatoms. The van der Waals surface area contributed by atoms with Crippen molar-refractivity contribution < 1.29 is 15.0 Å². The van der Waals surface area contributed by atoms with Gasteiger partial charge in [0.15, 0.2) is 0 Å². The van der Waals surface area contributed by atoms with Crippen LogP contribution in [-0.2, 0) is 4.79 Å². The van der Waals surface area contributed by atoms with E-state index in [0.717, 1.165) is 6.42 Å². The van der Waals surface area contributed by atoms with Crippen molar-refractivity contribution in [3.05, 3.63) is 0 Å². The number of carboxylic acid groups (broad SMARTS) is 1. The van der Waals surface area contributed by atoms with E-state index in [1.165, 1.54) is 6.92 Å². The molecule has 0 saturated heterocycles. The fraction of sp³-hybridized carbons (Fsp3) is 0.833. The minimum absolute atomic E-state index is 0.319. The lowest BCUT2D eigenvalue weighted by molar-refractivity contribution is -0.138. The summed E-state index contributed by atoms with van der Waals surface area (Å²) < 4.78 is 0. The van der Waals surface area contributed by atoms with E-state index in [4.69, 9.17) is 15.9 Å². The fourth-order valence-corrected chi connectivity index (χ4v) is 0. The highest BCUT2D eigenvalue weighted by Gasteiger charge is 1.99. The van der Waals surface area contributed by atoms with E-state index in [0.29, 0.717) is 6.61 Å². The van der Waals surface area contributed by atoms with Crippen LogP contribution in [0.15, 0.2) is 0 Å². The molecule has 0 aromatic rings. The van der Waals surface area contributed by atoms with Crippen LogP contribution in [0.4, 0.5) is 0 Å². The van der Waals surface area contributed by atoms with Crippen molar-refractivity contribution in [3.8, 4) is 0 Å². The number of aliphatic carboxylic acids is 1. The summed E-state index contributed by atoms with van der Waals surface area (Å²) in [7, 11) is 0. The molecular weight excluding hydrogens is 134 g/mol. The topological polar surface area (TPSA) is 83.6 Å². The summed E-state index contributed by atoms with van der Waals surface area (Å²) in [6, 6.07) is -0.731. The van der Waals surface area contributed by atoms with Gasteiger partial charge in [-0.1, -0.05) is 6.92 Å². The molecule has 1 atom stereocenters. The first kappa shape index (κ1) is 12.1. The standard InChI is InChI=1S/C3H7NO2.C3H8O/c1-2(4)3(5)6;1-2-3-4/h2H,4H2,1H3,(H,5,6);4H,2-3H2,1H3. The Bertz CT molecular complexity index is 81.1. The molecule has 0 fully saturated rings. The van der Waals surface area contributed by atoms with Gasteiger partial charge in [-0.05, 0) is 13.3 Å². The van der Waals surface area contributed by atoms with Crippen LogP contribution in [0.1, 0.15) is 20.3 Å². The Balaban J connectivity index is 0. The van der Waals surface area contributed by atoms with E-state index in [1.54, 1.807) is 0 Å². The molecule has 0 aliphatic rings. The third-order valence-electron chi connectivity index (χ3n) is 0.613. The van der Waals surface area contributed by atoms with Crippen LogP contribution in [0.2, 0.25) is 0 Å². The van der Waals surface area contributed by atoms with E-state index in [-0.39, 0.29) is 0 Å². The van der Waals surface area contributed by atoms with Gasteiger partial charge >= 0.3 is 5.97 Å². The zero-order chi connectivity index (χ0) is 8.57. The minimum atomic E-state index is -0.963. The van der Waals surface area contributed by atoms with Gasteiger partial charge in [0.2, 0.25) is 0 Å². The highest BCUT2D eigenvalue weighted by Crippen LogP contribution is 1.68. The summed E-state index contributed by atoms with van der Waals surface area (Å²) in [6.45, 7) is 3.67. The van der Waals surface area contributed by atoms with Crippen LogP contribution in [0.3, 0.4) is 0 Å². The molecule has 0 bridgehead atoms. The zero-order valence-corrected chi connectivity index (χ0v) is 6.37. The van der Waals surface area contributed by atoms with Gasteiger partial charge < -0.3 is 15.9 Å². The monoisotopic (exact) mass is 149 g/mol. The molecule has 62 valence electrons. The maximum absolute atomic E-state index is 9.57. The Morgan fingerprint density at radius 2 is 1.90 bits per heavy atom. The van der Waals surface area contributed by atoms with Crippen molar-refractivity contribution in [1.29, 1.82) is 0 Å². The van der Waals surface area contributed by atoms with E-state index < -0.39 is 12.0 Å². The van der Waals surface area contributed by atoms with Gasteiger partial charge in [-0.2, -0.15) is 0 Å². The van der Waals surface area contributed by atoms with Crippen LogP contribution >= 0.6 is 0 Å². The summed E-state index contributed by atoms with van der Waals surface area (Å²) in [5.74, 6) is -0.963. The molecule has 0 rings (SSSR count). The Labute approximate surface area is 60.7 Å². The van der Waals surface area contributed by atoms with E-state index in [2.05, 4.69) is 0 Å². The Morgan fingerprint density at radius 1 is 1.70 bits per heavy atom. The normalized spacial score (nSPS) is 11.2. The quantitative estimate of drug-likeness (QED) is 0.508. The number of aliphatic hydroxyl groups excluding tert-OH is 1. The van der Waals surface area contributed by atoms with Gasteiger partial charge in [-0.3, -0.25) is 4.79 Å². The van der Waals surface area contributed by atoms with Gasteiger partial charge in [0, 0.05) is 6.61 Å². The smallest absolute Gasteiger partial charge is 0.320 e. The van der Waals surface area contributed by atoms with Crippen LogP contribution in [0.25, 0.3) is 0 Å². The number of nitrogens with two attached hydrogens (primary N) is 1. The number of rotatable bonds is 2. The molecule has 0 aromatic heterocycles. The first-order valence-corrected chi connectivity index (χ1v) is 3.15. The molecular formula is C6H15NO3. The van der Waals surface area contributed by atoms with E-state index in [1.807, 2.05) is 6.92 Å². The van der Waals surface area contributed by atoms with E-state index in [9.17, 15) is 4.79 Å². The molecule has 4 nitrogen and oxygen atoms in total. The second-order valence-electron chi connectivity index (χ2n) is 1.85. The maximum Gasteiger partial charge on any atom is 0.320 e. The molecule has 4 N–H and O–H groups in total. The van der Waals surface area contributed by atoms with Crippen molar-refractivity contribution in [1.82, 2.24) is 0 Å². The predicted molar refractivity (Wildman–Crippen MR) is 38.7 cm³/mol. The molecule has 0 aromatic carbocycles. The van der Waals surface area contributed by atoms with Crippen LogP contribution in [0, 0.1) is 0 Å². The van der Waals surface area contributed by atoms with Gasteiger partial charge in [0.1, 0.15) is 6.04 Å². The number of aliphatic hydroxyl groups is 1. The lowest BCUT2D eigenvalue weighted by Crippen LogP contribution is -2.25. The molecule has 0 amide bonds. The Kier molecular flexibility index (Phi) is 10.2. The summed E-state index contributed by atoms with van der Waals surface area (Å²) in [5, 5.41) is 15.7. The van der Waals surface area contributed by atoms with Crippen molar-refractivity contribution in [3.63, 3.8) is 0 Å². The second-order valence-corrected chi connectivity index (χ2v) is 1.85. The molecule has 0 heterocycles. The van der Waals surface area contributed by atoms with E-state index >= 15 is 0 Å². The lowest BCUT2D eigenvalue weighted by atomic mass is 10.4. The van der Waals surface area contributed by atoms with Crippen LogP contribution in [-0.4, -0.2) is 28.8 Å². The highest BCUT2D eigenvalue weighted by molar-refractivity contribution is 5.72. The van der Waals surface area contributed by atoms with Crippen molar-refractivity contribution >= 4 is 5.97 Å². The van der Waals surface area contributed by atoms with Crippen molar-refractivity contribution in [2.75, 3.05) is 6.61 Å².